The van der Waals surface area contributed by atoms with E-state index in [9.17, 15) is 0 Å². The Hall–Kier alpha value is -1.57. The van der Waals surface area contributed by atoms with Crippen molar-refractivity contribution in [1.29, 1.82) is 0 Å². The Morgan fingerprint density at radius 3 is 2.62 bits per heavy atom. The number of nitrogens with one attached hydrogen (secondary N) is 1. The molecule has 21 heavy (non-hydrogen) atoms. The highest BCUT2D eigenvalue weighted by molar-refractivity contribution is 7.05. The van der Waals surface area contributed by atoms with Crippen LogP contribution in [0.5, 0.6) is 5.75 Å². The van der Waals surface area contributed by atoms with E-state index in [0.717, 1.165) is 21.9 Å². The molecule has 0 amide bonds. The molecule has 3 N–H and O–H groups in total. The van der Waals surface area contributed by atoms with E-state index in [1.54, 1.807) is 12.4 Å². The molecule has 114 valence electrons. The maximum atomic E-state index is 5.75. The van der Waals surface area contributed by atoms with Crippen LogP contribution in [-0.2, 0) is 0 Å². The van der Waals surface area contributed by atoms with E-state index < -0.39 is 0 Å². The van der Waals surface area contributed by atoms with Gasteiger partial charge in [-0.15, -0.1) is 5.10 Å². The third-order valence-electron chi connectivity index (χ3n) is 2.96. The van der Waals surface area contributed by atoms with Gasteiger partial charge in [-0.25, -0.2) is 5.43 Å². The molecule has 0 aliphatic carbocycles. The molecule has 0 saturated carbocycles. The van der Waals surface area contributed by atoms with Crippen LogP contribution in [0.4, 0.5) is 0 Å². The summed E-state index contributed by atoms with van der Waals surface area (Å²) in [6, 6.07) is 1.76. The normalized spacial score (nSPS) is 12.9. The van der Waals surface area contributed by atoms with Crippen molar-refractivity contribution in [3.05, 3.63) is 34.6 Å². The number of rotatable bonds is 6. The third kappa shape index (κ3) is 3.75. The highest BCUT2D eigenvalue weighted by Gasteiger charge is 2.22. The first kappa shape index (κ1) is 15.8. The summed E-state index contributed by atoms with van der Waals surface area (Å²) < 4.78 is 9.74. The maximum Gasteiger partial charge on any atom is 0.138 e. The van der Waals surface area contributed by atoms with Gasteiger partial charge in [-0.05, 0) is 42.9 Å². The van der Waals surface area contributed by atoms with Crippen molar-refractivity contribution in [3.8, 4) is 5.75 Å². The van der Waals surface area contributed by atoms with Crippen LogP contribution in [0, 0.1) is 0 Å². The zero-order chi connectivity index (χ0) is 15.4. The van der Waals surface area contributed by atoms with E-state index in [1.807, 2.05) is 19.9 Å². The average Bonchev–Trinajstić information content (AvgIpc) is 2.88. The van der Waals surface area contributed by atoms with Crippen LogP contribution < -0.4 is 16.0 Å². The molecular formula is C14H21N5OS. The lowest BCUT2D eigenvalue weighted by molar-refractivity contribution is 0.241. The zero-order valence-electron chi connectivity index (χ0n) is 12.7. The van der Waals surface area contributed by atoms with Crippen LogP contribution in [0.25, 0.3) is 0 Å². The van der Waals surface area contributed by atoms with Crippen LogP contribution in [0.15, 0.2) is 18.5 Å². The molecule has 1 unspecified atom stereocenters. The molecule has 0 aromatic carbocycles. The molecule has 0 bridgehead atoms. The van der Waals surface area contributed by atoms with Crippen molar-refractivity contribution in [1.82, 2.24) is 20.0 Å². The summed E-state index contributed by atoms with van der Waals surface area (Å²) in [5.74, 6) is 6.77. The number of aromatic nitrogens is 3. The Bertz CT molecular complexity index is 584. The first-order valence-corrected chi connectivity index (χ1v) is 7.70. The molecule has 2 aromatic rings. The lowest BCUT2D eigenvalue weighted by atomic mass is 10.0. The van der Waals surface area contributed by atoms with E-state index in [-0.39, 0.29) is 18.1 Å². The largest absolute Gasteiger partial charge is 0.489 e. The summed E-state index contributed by atoms with van der Waals surface area (Å²) in [5.41, 5.74) is 4.72. The highest BCUT2D eigenvalue weighted by Crippen LogP contribution is 2.31. The van der Waals surface area contributed by atoms with Crippen LogP contribution >= 0.6 is 11.5 Å². The van der Waals surface area contributed by atoms with Crippen LogP contribution in [0.3, 0.4) is 0 Å². The number of hydrogen-bond donors (Lipinski definition) is 2. The molecule has 0 aliphatic rings. The Morgan fingerprint density at radius 2 is 2.00 bits per heavy atom. The fraction of sp³-hybridized carbons (Fsp3) is 0.500. The molecule has 2 aromatic heterocycles. The van der Waals surface area contributed by atoms with Gasteiger partial charge in [-0.2, -0.15) is 0 Å². The summed E-state index contributed by atoms with van der Waals surface area (Å²) in [4.78, 5) is 5.24. The maximum absolute atomic E-state index is 5.75. The molecule has 0 radical (unpaired) electrons. The molecule has 0 spiro atoms. The van der Waals surface area contributed by atoms with Crippen molar-refractivity contribution in [2.75, 3.05) is 0 Å². The van der Waals surface area contributed by atoms with Crippen LogP contribution in [0.1, 0.15) is 55.8 Å². The summed E-state index contributed by atoms with van der Waals surface area (Å²) in [6.07, 6.45) is 3.58. The number of hydrogen-bond acceptors (Lipinski definition) is 7. The van der Waals surface area contributed by atoms with Crippen LogP contribution in [-0.4, -0.2) is 20.7 Å². The zero-order valence-corrected chi connectivity index (χ0v) is 13.5. The van der Waals surface area contributed by atoms with Gasteiger partial charge >= 0.3 is 0 Å². The van der Waals surface area contributed by atoms with Crippen molar-refractivity contribution in [2.45, 2.75) is 45.8 Å². The van der Waals surface area contributed by atoms with E-state index in [0.29, 0.717) is 0 Å². The van der Waals surface area contributed by atoms with Crippen molar-refractivity contribution < 1.29 is 4.74 Å². The smallest absolute Gasteiger partial charge is 0.138 e. The fourth-order valence-electron chi connectivity index (χ4n) is 2.06. The van der Waals surface area contributed by atoms with Crippen molar-refractivity contribution in [2.24, 2.45) is 5.84 Å². The lowest BCUT2D eigenvalue weighted by Gasteiger charge is -2.17. The predicted molar refractivity (Wildman–Crippen MR) is 83.2 cm³/mol. The standard InChI is InChI=1S/C14H21N5OS/c1-8(2)12-14(21-19-18-12)13(17-15)10-5-11(7-16-6-10)20-9(3)4/h5-9,13,17H,15H2,1-4H3. The molecule has 0 fully saturated rings. The van der Waals surface area contributed by atoms with Gasteiger partial charge in [-0.1, -0.05) is 18.3 Å². The minimum atomic E-state index is -0.189. The molecule has 2 rings (SSSR count). The SMILES string of the molecule is CC(C)Oc1cncc(C(NN)c2snnc2C(C)C)c1. The van der Waals surface area contributed by atoms with Crippen molar-refractivity contribution >= 4 is 11.5 Å². The van der Waals surface area contributed by atoms with Gasteiger partial charge in [0.1, 0.15) is 5.75 Å². The Balaban J connectivity index is 2.35. The van der Waals surface area contributed by atoms with Crippen LogP contribution in [0.2, 0.25) is 0 Å². The second-order valence-corrected chi connectivity index (χ2v) is 6.18. The molecule has 2 heterocycles. The number of pyridine rings is 1. The lowest BCUT2D eigenvalue weighted by Crippen LogP contribution is -2.29. The van der Waals surface area contributed by atoms with Crippen molar-refractivity contribution in [3.63, 3.8) is 0 Å². The number of ether oxygens (including phenoxy) is 1. The first-order chi connectivity index (χ1) is 10.0. The molecule has 0 saturated heterocycles. The second-order valence-electron chi connectivity index (χ2n) is 5.40. The Labute approximate surface area is 128 Å². The average molecular weight is 307 g/mol. The third-order valence-corrected chi connectivity index (χ3v) is 3.76. The Kier molecular flexibility index (Phi) is 5.22. The fourth-order valence-corrected chi connectivity index (χ4v) is 2.95. The quantitative estimate of drug-likeness (QED) is 0.629. The van der Waals surface area contributed by atoms with Gasteiger partial charge in [0, 0.05) is 6.20 Å². The van der Waals surface area contributed by atoms with Gasteiger partial charge in [0.2, 0.25) is 0 Å². The minimum Gasteiger partial charge on any atom is -0.489 e. The van der Waals surface area contributed by atoms with Gasteiger partial charge < -0.3 is 4.74 Å². The summed E-state index contributed by atoms with van der Waals surface area (Å²) in [7, 11) is 0. The predicted octanol–water partition coefficient (Wildman–Crippen LogP) is 2.40. The van der Waals surface area contributed by atoms with Gasteiger partial charge in [0.05, 0.1) is 28.9 Å². The number of hydrazine groups is 1. The summed E-state index contributed by atoms with van der Waals surface area (Å²) in [5, 5.41) is 4.20. The van der Waals surface area contributed by atoms with E-state index >= 15 is 0 Å². The van der Waals surface area contributed by atoms with E-state index in [2.05, 4.69) is 33.8 Å². The van der Waals surface area contributed by atoms with Gasteiger partial charge in [-0.3, -0.25) is 10.8 Å². The van der Waals surface area contributed by atoms with E-state index in [4.69, 9.17) is 10.6 Å². The molecule has 1 atom stereocenters. The molecule has 7 heteroatoms. The Morgan fingerprint density at radius 1 is 1.24 bits per heavy atom. The monoisotopic (exact) mass is 307 g/mol. The van der Waals surface area contributed by atoms with E-state index in [1.165, 1.54) is 11.5 Å². The molecule has 6 nitrogen and oxygen atoms in total. The highest BCUT2D eigenvalue weighted by atomic mass is 32.1. The number of nitrogens with two attached hydrogens (primary N) is 1. The topological polar surface area (TPSA) is 86.0 Å². The first-order valence-electron chi connectivity index (χ1n) is 6.92. The second kappa shape index (κ2) is 6.93. The van der Waals surface area contributed by atoms with Gasteiger partial charge in [0.15, 0.2) is 0 Å². The summed E-state index contributed by atoms with van der Waals surface area (Å²) >= 11 is 1.35. The van der Waals surface area contributed by atoms with Gasteiger partial charge in [0.25, 0.3) is 0 Å². The molecular weight excluding hydrogens is 286 g/mol. The minimum absolute atomic E-state index is 0.0997. The summed E-state index contributed by atoms with van der Waals surface area (Å²) in [6.45, 7) is 8.14. The number of nitrogens with zero attached hydrogens (tertiary/aromatic N) is 3. The molecule has 0 aliphatic heterocycles.